The lowest BCUT2D eigenvalue weighted by Gasteiger charge is -2.23. The number of halogens is 14. The predicted octanol–water partition coefficient (Wildman–Crippen LogP) is 27.4. The Morgan fingerprint density at radius 2 is 0.857 bits per heavy atom. The van der Waals surface area contributed by atoms with Gasteiger partial charge in [-0.25, -0.2) is 29.7 Å². The number of nitrogens with one attached hydrogen (secondary N) is 4. The number of aliphatic hydroxyl groups excluding tert-OH is 1. The largest absolute Gasteiger partial charge is 0.478 e. The van der Waals surface area contributed by atoms with Gasteiger partial charge in [0.25, 0.3) is 0 Å². The molecule has 5 aromatic heterocycles. The van der Waals surface area contributed by atoms with Gasteiger partial charge in [0.05, 0.1) is 105 Å². The quantitative estimate of drug-likeness (QED) is 0.0109. The zero-order chi connectivity index (χ0) is 97.7. The Bertz CT molecular complexity index is 5830. The topological polar surface area (TPSA) is 339 Å². The Balaban J connectivity index is 0.000000240. The molecule has 8 N–H and O–H groups in total. The number of nitrogens with zero attached hydrogens (tertiary/aromatic N) is 16. The van der Waals surface area contributed by atoms with Crippen molar-refractivity contribution in [2.45, 2.75) is 82.8 Å². The lowest BCUT2D eigenvalue weighted by atomic mass is 10.1. The van der Waals surface area contributed by atoms with E-state index < -0.39 is 25.3 Å². The van der Waals surface area contributed by atoms with Crippen LogP contribution in [-0.4, -0.2) is 99.7 Å². The van der Waals surface area contributed by atoms with E-state index in [-0.39, 0.29) is 23.7 Å². The van der Waals surface area contributed by atoms with Gasteiger partial charge in [-0.1, -0.05) is 192 Å². The minimum atomic E-state index is -1.01. The van der Waals surface area contributed by atoms with Gasteiger partial charge in [-0.05, 0) is 229 Å². The second-order valence-electron chi connectivity index (χ2n) is 27.0. The van der Waals surface area contributed by atoms with Crippen molar-refractivity contribution < 1.29 is 25.5 Å². The smallest absolute Gasteiger partial charge is 0.335 e. The highest BCUT2D eigenvalue weighted by Crippen LogP contribution is 2.34. The summed E-state index contributed by atoms with van der Waals surface area (Å²) in [6.45, 7) is 6.17. The molecule has 133 heavy (non-hydrogen) atoms. The highest BCUT2D eigenvalue weighted by Gasteiger charge is 2.21. The fraction of sp³-hybridized carbons (Fsp3) is 0.176. The number of aromatic carboxylic acids is 1. The molecular formula is C91H83Cl13FN21O4S3. The number of alkyl halides is 1. The Kier molecular flexibility index (Phi) is 51.2. The third-order valence-corrected chi connectivity index (χ3v) is 21.6. The molecule has 0 spiro atoms. The molecule has 0 radical (unpaired) electrons. The molecule has 5 atom stereocenters. The van der Waals surface area contributed by atoms with Crippen molar-refractivity contribution in [1.82, 2.24) is 58.4 Å². The first-order chi connectivity index (χ1) is 64.4. The number of carboxylic acids is 1. The number of rotatable bonds is 22. The molecule has 0 amide bonds. The third-order valence-electron chi connectivity index (χ3n) is 17.5. The summed E-state index contributed by atoms with van der Waals surface area (Å²) >= 11 is 93.2. The zero-order valence-corrected chi connectivity index (χ0v) is 82.3. The van der Waals surface area contributed by atoms with Crippen LogP contribution < -0.4 is 27.0 Å². The summed E-state index contributed by atoms with van der Waals surface area (Å²) in [6.07, 6.45) is 28.1. The molecule has 0 aliphatic carbocycles. The van der Waals surface area contributed by atoms with Crippen LogP contribution in [0.4, 0.5) is 21.5 Å². The van der Waals surface area contributed by atoms with E-state index in [2.05, 4.69) is 78.6 Å². The molecule has 1 aliphatic rings. The number of isothiocyanates is 1. The minimum absolute atomic E-state index is 0.143. The highest BCUT2D eigenvalue weighted by atomic mass is 35.5. The number of aliphatic imine (C=N–C) groups is 1. The average Bonchev–Trinajstić information content (AvgIpc) is 1.12. The molecular weight excluding hydrogens is 2030 g/mol. The summed E-state index contributed by atoms with van der Waals surface area (Å²) in [5.41, 5.74) is 21.8. The number of azide groups is 1. The van der Waals surface area contributed by atoms with Gasteiger partial charge in [-0.15, -0.1) is 0 Å². The van der Waals surface area contributed by atoms with Gasteiger partial charge in [-0.2, -0.15) is 15.5 Å². The number of thiocarbonyl (C=S) groups is 3. The van der Waals surface area contributed by atoms with E-state index in [1.165, 1.54) is 31.9 Å². The second-order valence-corrected chi connectivity index (χ2v) is 33.5. The lowest BCUT2D eigenvalue weighted by molar-refractivity contribution is 0.0696. The number of carbonyl (C=O) groups is 1. The van der Waals surface area contributed by atoms with Crippen LogP contribution in [0.25, 0.3) is 10.4 Å². The fourth-order valence-electron chi connectivity index (χ4n) is 11.4. The van der Waals surface area contributed by atoms with Crippen molar-refractivity contribution in [2.75, 3.05) is 31.0 Å². The van der Waals surface area contributed by atoms with Crippen molar-refractivity contribution in [2.24, 2.45) is 15.8 Å². The fourth-order valence-corrected chi connectivity index (χ4v) is 15.1. The standard InChI is InChI=1S/2C18H15Cl3N4S.C11H9Cl2N5.C11H11Cl2N3.C11H10Cl2N2O.C8H5NO2.C7H4ClNS.C4H8O.C2H3N.CH3F/c2*19-12-1-4-14(5-2-12)23-18(26)24-17(10-25-8-7-22-11-25)15-6-3-13(20)9-16(15)21;12-8-1-2-9(10(13)5-8)11(16-17-14)6-18-4-3-15-7-18;12-8-1-2-9(10(13)5-8)11(14)6-16-4-3-15-7-16;12-8-1-2-9(10(13)5-8)11(16)6-15-4-3-14-7-15;9-5-6-2-1-3-7(4-6)8(10)11;8-6-1-3-7(4-2-6)9-5-10;1-2-4-5-3-1;1-2-3;1-2/h2*1-9,11,17H,10H2,(H2,23,24,26);1-5,7,11H,6H2;1-5,7,11H,6,14H2;1-5,7,11,16H,6H2;1-4H,(H,10,11);1-4H;1-4H2;1H3;1H3/i;;;;;;;;;1D. The summed E-state index contributed by atoms with van der Waals surface area (Å²) in [4.78, 5) is 36.9. The number of nitrogens with two attached hydrogens (primary N) is 1. The number of ether oxygens (including phenoxy) is 1. The molecule has 0 bridgehead atoms. The summed E-state index contributed by atoms with van der Waals surface area (Å²) in [5, 5.41) is 61.7. The van der Waals surface area contributed by atoms with Crippen LogP contribution in [0.3, 0.4) is 0 Å². The molecule has 6 heterocycles. The average molecular weight is 2110 g/mol. The summed E-state index contributed by atoms with van der Waals surface area (Å²) in [7, 11) is -1.00. The zero-order valence-electron chi connectivity index (χ0n) is 71.0. The summed E-state index contributed by atoms with van der Waals surface area (Å²) in [6, 6.07) is 56.6. The Labute approximate surface area is 850 Å². The molecule has 25 nitrogen and oxygen atoms in total. The maximum Gasteiger partial charge on any atom is 0.335 e. The van der Waals surface area contributed by atoms with E-state index in [0.717, 1.165) is 52.5 Å². The molecule has 42 heteroatoms. The van der Waals surface area contributed by atoms with Crippen LogP contribution in [0, 0.1) is 22.7 Å². The number of anilines is 2. The summed E-state index contributed by atoms with van der Waals surface area (Å²) in [5.74, 6) is -1.01. The molecule has 9 aromatic carbocycles. The van der Waals surface area contributed by atoms with Gasteiger partial charge in [0.2, 0.25) is 0 Å². The van der Waals surface area contributed by atoms with E-state index in [4.69, 9.17) is 208 Å². The molecule has 692 valence electrons. The van der Waals surface area contributed by atoms with Crippen molar-refractivity contribution in [3.8, 4) is 12.1 Å². The second kappa shape index (κ2) is 62.2. The van der Waals surface area contributed by atoms with E-state index >= 15 is 0 Å². The van der Waals surface area contributed by atoms with Crippen LogP contribution in [0.1, 0.15) is 95.1 Å². The molecule has 1 fully saturated rings. The molecule has 0 saturated carbocycles. The first kappa shape index (κ1) is 110. The molecule has 5 unspecified atom stereocenters. The van der Waals surface area contributed by atoms with Gasteiger partial charge in [0, 0.05) is 201 Å². The van der Waals surface area contributed by atoms with Crippen molar-refractivity contribution >= 4 is 226 Å². The van der Waals surface area contributed by atoms with E-state index in [0.29, 0.717) is 119 Å². The van der Waals surface area contributed by atoms with E-state index in [1.807, 2.05) is 85.4 Å². The number of imidazole rings is 5. The normalized spacial score (nSPS) is 11.7. The van der Waals surface area contributed by atoms with Crippen molar-refractivity contribution in [1.29, 1.82) is 10.5 Å². The maximum absolute atomic E-state index is 10.4. The van der Waals surface area contributed by atoms with Gasteiger partial charge in [0.1, 0.15) is 0 Å². The van der Waals surface area contributed by atoms with Gasteiger partial charge < -0.3 is 64.8 Å². The van der Waals surface area contributed by atoms with Crippen molar-refractivity contribution in [3.05, 3.63) is 396 Å². The first-order valence-electron chi connectivity index (χ1n) is 39.6. The first-order valence-corrected chi connectivity index (χ1v) is 45.1. The highest BCUT2D eigenvalue weighted by molar-refractivity contribution is 7.80. The van der Waals surface area contributed by atoms with Crippen LogP contribution >= 0.6 is 187 Å². The SMILES string of the molecule is C1CCOC1.CC#N.N#Cc1cccc(C(=O)O)c1.NC(Cn1ccnc1)c1ccc(Cl)cc1Cl.OC(Cn1ccnc1)c1ccc(Cl)cc1Cl.S=C(Nc1ccc(Cl)cc1)NC(Cn1ccnc1)c1ccc(Cl)cc1Cl.S=C(Nc1ccc(Cl)cc1)NC(Cn1ccnc1)c1ccc(Cl)cc1Cl.S=C=Nc1ccc(Cl)cc1.[2H]CF.[N-]=[N+]=NC(Cn1ccnc1)c1ccc(Cl)cc1Cl. The van der Waals surface area contributed by atoms with E-state index in [9.17, 15) is 14.3 Å². The van der Waals surface area contributed by atoms with Crippen LogP contribution in [0.2, 0.25) is 65.3 Å². The van der Waals surface area contributed by atoms with Gasteiger partial charge in [-0.3, -0.25) is 4.39 Å². The van der Waals surface area contributed by atoms with Gasteiger partial charge >= 0.3 is 5.97 Å². The molecule has 1 saturated heterocycles. The van der Waals surface area contributed by atoms with Crippen LogP contribution in [0.15, 0.2) is 292 Å². The lowest BCUT2D eigenvalue weighted by Crippen LogP contribution is -2.34. The van der Waals surface area contributed by atoms with E-state index in [1.54, 1.807) is 219 Å². The minimum Gasteiger partial charge on any atom is -0.478 e. The number of aromatic nitrogens is 10. The predicted molar refractivity (Wildman–Crippen MR) is 547 cm³/mol. The number of hydrogen-bond acceptors (Lipinski definition) is 16. The number of benzene rings is 9. The van der Waals surface area contributed by atoms with Crippen LogP contribution in [0.5, 0.6) is 0 Å². The number of hydrogen-bond donors (Lipinski definition) is 7. The van der Waals surface area contributed by atoms with Crippen molar-refractivity contribution in [3.63, 3.8) is 0 Å². The Morgan fingerprint density at radius 3 is 1.19 bits per heavy atom. The van der Waals surface area contributed by atoms with Crippen LogP contribution in [-0.2, 0) is 37.5 Å². The number of carboxylic acid groups (broad SMARTS) is 1. The number of nitriles is 2. The molecule has 1 aliphatic heterocycles. The third kappa shape index (κ3) is 42.3. The summed E-state index contributed by atoms with van der Waals surface area (Å²) < 4.78 is 29.9. The Morgan fingerprint density at radius 1 is 0.519 bits per heavy atom. The monoisotopic (exact) mass is 2100 g/mol. The maximum atomic E-state index is 10.4. The van der Waals surface area contributed by atoms with Gasteiger partial charge in [0.15, 0.2) is 10.2 Å². The number of aliphatic hydroxyl groups is 1. The molecule has 15 rings (SSSR count). The Hall–Kier alpha value is -10.5. The molecule has 14 aromatic rings.